The molecule has 0 saturated heterocycles. The van der Waals surface area contributed by atoms with Crippen molar-refractivity contribution in [1.29, 1.82) is 0 Å². The van der Waals surface area contributed by atoms with E-state index < -0.39 is 0 Å². The van der Waals surface area contributed by atoms with Crippen LogP contribution in [0.5, 0.6) is 0 Å². The molecule has 0 unspecified atom stereocenters. The maximum Gasteiger partial charge on any atom is 0.137 e. The summed E-state index contributed by atoms with van der Waals surface area (Å²) >= 11 is 1.85. The van der Waals surface area contributed by atoms with E-state index in [1.54, 1.807) is 0 Å². The van der Waals surface area contributed by atoms with Crippen LogP contribution in [0.1, 0.15) is 0 Å². The molecule has 0 amide bonds. The molecule has 0 aliphatic carbocycles. The molecule has 3 heteroatoms. The van der Waals surface area contributed by atoms with Crippen molar-refractivity contribution in [2.45, 2.75) is 0 Å². The molecule has 2 heterocycles. The molecule has 0 saturated carbocycles. The van der Waals surface area contributed by atoms with Gasteiger partial charge in [0.1, 0.15) is 11.2 Å². The van der Waals surface area contributed by atoms with E-state index in [9.17, 15) is 0 Å². The molecular formula is C46H29NOS. The summed E-state index contributed by atoms with van der Waals surface area (Å²) in [5.74, 6) is 0. The fourth-order valence-corrected chi connectivity index (χ4v) is 8.53. The molecule has 2 nitrogen and oxygen atoms in total. The van der Waals surface area contributed by atoms with Crippen LogP contribution in [-0.2, 0) is 0 Å². The summed E-state index contributed by atoms with van der Waals surface area (Å²) in [6, 6.07) is 63.3. The fraction of sp³-hybridized carbons (Fsp3) is 0. The highest BCUT2D eigenvalue weighted by Gasteiger charge is 2.25. The lowest BCUT2D eigenvalue weighted by atomic mass is 9.95. The molecule has 0 fully saturated rings. The Kier molecular flexibility index (Phi) is 6.39. The van der Waals surface area contributed by atoms with E-state index in [0.29, 0.717) is 0 Å². The summed E-state index contributed by atoms with van der Waals surface area (Å²) in [5, 5.41) is 7.19. The first-order chi connectivity index (χ1) is 24.3. The number of furan rings is 1. The Bertz CT molecular complexity index is 2730. The predicted molar refractivity (Wildman–Crippen MR) is 210 cm³/mol. The smallest absolute Gasteiger partial charge is 0.137 e. The van der Waals surface area contributed by atoms with Crippen LogP contribution in [0, 0.1) is 0 Å². The van der Waals surface area contributed by atoms with Crippen molar-refractivity contribution in [3.05, 3.63) is 176 Å². The average Bonchev–Trinajstić information content (AvgIpc) is 3.74. The average molecular weight is 644 g/mol. The molecular weight excluding hydrogens is 615 g/mol. The Labute approximate surface area is 287 Å². The lowest BCUT2D eigenvalue weighted by Crippen LogP contribution is -2.12. The van der Waals surface area contributed by atoms with Gasteiger partial charge >= 0.3 is 0 Å². The Balaban J connectivity index is 1.34. The Morgan fingerprint density at radius 2 is 1.04 bits per heavy atom. The Hall–Kier alpha value is -6.16. The molecule has 8 aromatic carbocycles. The van der Waals surface area contributed by atoms with Crippen molar-refractivity contribution in [2.24, 2.45) is 0 Å². The Morgan fingerprint density at radius 3 is 1.94 bits per heavy atom. The summed E-state index contributed by atoms with van der Waals surface area (Å²) in [7, 11) is 0. The second kappa shape index (κ2) is 11.2. The fourth-order valence-electron chi connectivity index (χ4n) is 7.40. The van der Waals surface area contributed by atoms with Gasteiger partial charge in [-0.05, 0) is 76.0 Å². The van der Waals surface area contributed by atoms with Gasteiger partial charge in [-0.3, -0.25) is 0 Å². The summed E-state index contributed by atoms with van der Waals surface area (Å²) in [4.78, 5) is 2.48. The zero-order chi connectivity index (χ0) is 32.3. The largest absolute Gasteiger partial charge is 0.456 e. The molecule has 0 bridgehead atoms. The van der Waals surface area contributed by atoms with Gasteiger partial charge in [0.05, 0.1) is 22.4 Å². The van der Waals surface area contributed by atoms with E-state index in [0.717, 1.165) is 50.1 Å². The SMILES string of the molecule is c1ccc(-c2ccc(-c3ccc4ccccc4c3)cc2N(c2cccc3oc4ccccc4c23)c2cccc3sc4ccccc4c23)cc1. The number of nitrogens with zero attached hydrogens (tertiary/aromatic N) is 1. The predicted octanol–water partition coefficient (Wildman–Crippen LogP) is 13.9. The first kappa shape index (κ1) is 27.9. The number of hydrogen-bond acceptors (Lipinski definition) is 3. The third-order valence-electron chi connectivity index (χ3n) is 9.65. The van der Waals surface area contributed by atoms with Crippen LogP contribution in [0.4, 0.5) is 17.1 Å². The highest BCUT2D eigenvalue weighted by Crippen LogP contribution is 2.50. The molecule has 0 atom stereocenters. The number of thiophene rings is 1. The zero-order valence-electron chi connectivity index (χ0n) is 26.5. The van der Waals surface area contributed by atoms with Crippen molar-refractivity contribution >= 4 is 81.3 Å². The molecule has 0 spiro atoms. The molecule has 49 heavy (non-hydrogen) atoms. The second-order valence-corrected chi connectivity index (χ2v) is 13.6. The van der Waals surface area contributed by atoms with Crippen LogP contribution < -0.4 is 4.90 Å². The summed E-state index contributed by atoms with van der Waals surface area (Å²) in [6.45, 7) is 0. The van der Waals surface area contributed by atoms with E-state index in [2.05, 4.69) is 175 Å². The van der Waals surface area contributed by atoms with Crippen LogP contribution in [0.3, 0.4) is 0 Å². The van der Waals surface area contributed by atoms with E-state index >= 15 is 0 Å². The number of para-hydroxylation sites is 1. The van der Waals surface area contributed by atoms with Gasteiger partial charge in [0.25, 0.3) is 0 Å². The van der Waals surface area contributed by atoms with Crippen LogP contribution in [0.15, 0.2) is 180 Å². The van der Waals surface area contributed by atoms with Crippen molar-refractivity contribution in [3.63, 3.8) is 0 Å². The highest BCUT2D eigenvalue weighted by atomic mass is 32.1. The first-order valence-electron chi connectivity index (χ1n) is 16.6. The third-order valence-corrected chi connectivity index (χ3v) is 10.8. The molecule has 0 aliphatic heterocycles. The highest BCUT2D eigenvalue weighted by molar-refractivity contribution is 7.26. The molecule has 10 aromatic rings. The van der Waals surface area contributed by atoms with Gasteiger partial charge < -0.3 is 9.32 Å². The van der Waals surface area contributed by atoms with Gasteiger partial charge in [0.2, 0.25) is 0 Å². The number of hydrogen-bond donors (Lipinski definition) is 0. The zero-order valence-corrected chi connectivity index (χ0v) is 27.3. The van der Waals surface area contributed by atoms with Gasteiger partial charge in [-0.2, -0.15) is 0 Å². The number of anilines is 3. The number of rotatable bonds is 5. The summed E-state index contributed by atoms with van der Waals surface area (Å²) < 4.78 is 9.03. The van der Waals surface area contributed by atoms with Crippen molar-refractivity contribution in [1.82, 2.24) is 0 Å². The maximum absolute atomic E-state index is 6.48. The van der Waals surface area contributed by atoms with Crippen molar-refractivity contribution in [2.75, 3.05) is 4.90 Å². The van der Waals surface area contributed by atoms with Gasteiger partial charge in [-0.1, -0.05) is 127 Å². The van der Waals surface area contributed by atoms with E-state index in [1.165, 1.54) is 42.1 Å². The van der Waals surface area contributed by atoms with Crippen LogP contribution in [0.25, 0.3) is 75.1 Å². The number of benzene rings is 8. The number of fused-ring (bicyclic) bond motifs is 7. The lowest BCUT2D eigenvalue weighted by Gasteiger charge is -2.30. The molecule has 230 valence electrons. The van der Waals surface area contributed by atoms with Gasteiger partial charge in [-0.15, -0.1) is 11.3 Å². The van der Waals surface area contributed by atoms with E-state index in [-0.39, 0.29) is 0 Å². The minimum absolute atomic E-state index is 0.873. The first-order valence-corrected chi connectivity index (χ1v) is 17.4. The van der Waals surface area contributed by atoms with Gasteiger partial charge in [0, 0.05) is 31.1 Å². The van der Waals surface area contributed by atoms with Crippen molar-refractivity contribution < 1.29 is 4.42 Å². The molecule has 10 rings (SSSR count). The maximum atomic E-state index is 6.48. The minimum atomic E-state index is 0.873. The molecule has 0 aliphatic rings. The summed E-state index contributed by atoms with van der Waals surface area (Å²) in [6.07, 6.45) is 0. The van der Waals surface area contributed by atoms with Crippen LogP contribution in [0.2, 0.25) is 0 Å². The summed E-state index contributed by atoms with van der Waals surface area (Å²) in [5.41, 5.74) is 9.76. The lowest BCUT2D eigenvalue weighted by molar-refractivity contribution is 0.669. The standard InChI is InChI=1S/C46H29NOS/c1-2-13-31(14-3-1)35-27-26-34(33-25-24-30-12-4-5-15-32(30)28-33)29-40(35)47(38-18-10-21-42-45(38)36-16-6-8-20-41(36)48-42)39-19-11-23-44-46(39)37-17-7-9-22-43(37)49-44/h1-29H. The molecule has 0 N–H and O–H groups in total. The molecule has 2 aromatic heterocycles. The molecule has 0 radical (unpaired) electrons. The van der Waals surface area contributed by atoms with Gasteiger partial charge in [-0.25, -0.2) is 0 Å². The topological polar surface area (TPSA) is 16.4 Å². The minimum Gasteiger partial charge on any atom is -0.456 e. The van der Waals surface area contributed by atoms with Crippen molar-refractivity contribution in [3.8, 4) is 22.3 Å². The van der Waals surface area contributed by atoms with E-state index in [1.807, 2.05) is 17.4 Å². The quantitative estimate of drug-likeness (QED) is 0.186. The van der Waals surface area contributed by atoms with Crippen LogP contribution in [-0.4, -0.2) is 0 Å². The van der Waals surface area contributed by atoms with Gasteiger partial charge in [0.15, 0.2) is 0 Å². The van der Waals surface area contributed by atoms with E-state index in [4.69, 9.17) is 4.42 Å². The Morgan fingerprint density at radius 1 is 0.388 bits per heavy atom. The monoisotopic (exact) mass is 643 g/mol. The van der Waals surface area contributed by atoms with Crippen LogP contribution >= 0.6 is 11.3 Å². The second-order valence-electron chi connectivity index (χ2n) is 12.5. The third kappa shape index (κ3) is 4.55. The normalized spacial score (nSPS) is 11.7.